The standard InChI is InChI=1S/C22H22N4O6S/c1-26(16-5-6-16)33(28,29)17-7-3-15(4-8-17)21(27)23-22-25-24-20(32-22)13-14-2-9-18-19(12-14)31-11-10-30-18/h2-4,7-9,12,16H,5-6,10-11,13H2,1H3,(H,23,25,27). The van der Waals surface area contributed by atoms with Crippen LogP contribution < -0.4 is 14.8 Å². The predicted octanol–water partition coefficient (Wildman–Crippen LogP) is 2.47. The Labute approximate surface area is 190 Å². The van der Waals surface area contributed by atoms with Gasteiger partial charge < -0.3 is 13.9 Å². The summed E-state index contributed by atoms with van der Waals surface area (Å²) in [6.45, 7) is 1.02. The molecule has 1 aromatic heterocycles. The molecule has 1 N–H and O–H groups in total. The molecule has 11 heteroatoms. The van der Waals surface area contributed by atoms with E-state index in [9.17, 15) is 13.2 Å². The molecule has 1 aliphatic carbocycles. The largest absolute Gasteiger partial charge is 0.486 e. The molecule has 1 aliphatic heterocycles. The summed E-state index contributed by atoms with van der Waals surface area (Å²) in [4.78, 5) is 12.7. The van der Waals surface area contributed by atoms with E-state index in [2.05, 4.69) is 15.5 Å². The van der Waals surface area contributed by atoms with Crippen molar-refractivity contribution in [1.82, 2.24) is 14.5 Å². The molecule has 0 bridgehead atoms. The van der Waals surface area contributed by atoms with E-state index in [0.29, 0.717) is 37.0 Å². The van der Waals surface area contributed by atoms with Gasteiger partial charge in [-0.1, -0.05) is 11.2 Å². The molecule has 2 aliphatic rings. The van der Waals surface area contributed by atoms with Gasteiger partial charge in [0.25, 0.3) is 5.91 Å². The summed E-state index contributed by atoms with van der Waals surface area (Å²) in [6.07, 6.45) is 2.11. The van der Waals surface area contributed by atoms with Crippen LogP contribution in [0.4, 0.5) is 6.01 Å². The molecule has 1 amide bonds. The van der Waals surface area contributed by atoms with E-state index in [1.165, 1.54) is 28.6 Å². The first-order chi connectivity index (χ1) is 15.9. The van der Waals surface area contributed by atoms with Gasteiger partial charge in [0.15, 0.2) is 11.5 Å². The van der Waals surface area contributed by atoms with Crippen LogP contribution in [0.3, 0.4) is 0 Å². The van der Waals surface area contributed by atoms with Gasteiger partial charge in [0, 0.05) is 18.7 Å². The van der Waals surface area contributed by atoms with Crippen LogP contribution in [0.25, 0.3) is 0 Å². The Balaban J connectivity index is 1.23. The molecular weight excluding hydrogens is 448 g/mol. The monoisotopic (exact) mass is 470 g/mol. The van der Waals surface area contributed by atoms with Gasteiger partial charge in [-0.25, -0.2) is 8.42 Å². The van der Waals surface area contributed by atoms with Gasteiger partial charge in [0.05, 0.1) is 11.3 Å². The van der Waals surface area contributed by atoms with Crippen LogP contribution >= 0.6 is 0 Å². The number of anilines is 1. The van der Waals surface area contributed by atoms with Gasteiger partial charge in [-0.3, -0.25) is 10.1 Å². The van der Waals surface area contributed by atoms with Crippen LogP contribution in [0.1, 0.15) is 34.7 Å². The van der Waals surface area contributed by atoms with E-state index in [1.54, 1.807) is 7.05 Å². The third kappa shape index (κ3) is 4.55. The maximum Gasteiger partial charge on any atom is 0.322 e. The second-order valence-corrected chi connectivity index (χ2v) is 9.88. The minimum absolute atomic E-state index is 0.0438. The number of nitrogens with one attached hydrogen (secondary N) is 1. The van der Waals surface area contributed by atoms with E-state index >= 15 is 0 Å². The number of sulfonamides is 1. The van der Waals surface area contributed by atoms with Crippen molar-refractivity contribution < 1.29 is 27.1 Å². The number of ether oxygens (including phenoxy) is 2. The number of hydrogen-bond donors (Lipinski definition) is 1. The lowest BCUT2D eigenvalue weighted by Crippen LogP contribution is -2.29. The molecular formula is C22H22N4O6S. The molecule has 172 valence electrons. The van der Waals surface area contributed by atoms with Gasteiger partial charge >= 0.3 is 6.01 Å². The fourth-order valence-corrected chi connectivity index (χ4v) is 4.91. The smallest absolute Gasteiger partial charge is 0.322 e. The average Bonchev–Trinajstić information content (AvgIpc) is 3.59. The molecule has 10 nitrogen and oxygen atoms in total. The van der Waals surface area contributed by atoms with E-state index < -0.39 is 15.9 Å². The fourth-order valence-electron chi connectivity index (χ4n) is 3.50. The summed E-state index contributed by atoms with van der Waals surface area (Å²) in [7, 11) is -1.99. The first-order valence-electron chi connectivity index (χ1n) is 10.5. The minimum Gasteiger partial charge on any atom is -0.486 e. The van der Waals surface area contributed by atoms with Crippen molar-refractivity contribution in [3.63, 3.8) is 0 Å². The highest BCUT2D eigenvalue weighted by molar-refractivity contribution is 7.89. The third-order valence-electron chi connectivity index (χ3n) is 5.50. The van der Waals surface area contributed by atoms with E-state index in [-0.39, 0.29) is 22.5 Å². The summed E-state index contributed by atoms with van der Waals surface area (Å²) in [5, 5.41) is 10.4. The van der Waals surface area contributed by atoms with Crippen LogP contribution in [0.15, 0.2) is 51.8 Å². The summed E-state index contributed by atoms with van der Waals surface area (Å²) in [5.41, 5.74) is 1.17. The van der Waals surface area contributed by atoms with Crippen LogP contribution in [-0.2, 0) is 16.4 Å². The highest BCUT2D eigenvalue weighted by Crippen LogP contribution is 2.32. The number of amides is 1. The van der Waals surface area contributed by atoms with E-state index in [4.69, 9.17) is 13.9 Å². The van der Waals surface area contributed by atoms with Crippen molar-refractivity contribution in [3.05, 3.63) is 59.5 Å². The number of fused-ring (bicyclic) bond motifs is 1. The number of aromatic nitrogens is 2. The topological polar surface area (TPSA) is 124 Å². The molecule has 3 aromatic rings. The maximum absolute atomic E-state index is 12.6. The van der Waals surface area contributed by atoms with E-state index in [1.807, 2.05) is 18.2 Å². The lowest BCUT2D eigenvalue weighted by molar-refractivity contribution is 0.102. The number of nitrogens with zero attached hydrogens (tertiary/aromatic N) is 3. The molecule has 1 saturated carbocycles. The zero-order chi connectivity index (χ0) is 23.0. The Kier molecular flexibility index (Phi) is 5.51. The fraction of sp³-hybridized carbons (Fsp3) is 0.318. The number of rotatable bonds is 7. The molecule has 33 heavy (non-hydrogen) atoms. The van der Waals surface area contributed by atoms with Gasteiger partial charge in [-0.15, -0.1) is 5.10 Å². The van der Waals surface area contributed by atoms with Crippen molar-refractivity contribution >= 4 is 21.9 Å². The van der Waals surface area contributed by atoms with Gasteiger partial charge in [0.1, 0.15) is 13.2 Å². The number of carbonyl (C=O) groups is 1. The Bertz CT molecular complexity index is 1280. The molecule has 0 spiro atoms. The van der Waals surface area contributed by atoms with Crippen molar-refractivity contribution in [2.45, 2.75) is 30.2 Å². The predicted molar refractivity (Wildman–Crippen MR) is 117 cm³/mol. The Morgan fingerprint density at radius 2 is 1.79 bits per heavy atom. The summed E-state index contributed by atoms with van der Waals surface area (Å²) in [5.74, 6) is 1.21. The Morgan fingerprint density at radius 3 is 2.52 bits per heavy atom. The first-order valence-corrected chi connectivity index (χ1v) is 11.9. The normalized spacial score (nSPS) is 15.5. The molecule has 0 radical (unpaired) electrons. The van der Waals surface area contributed by atoms with E-state index in [0.717, 1.165) is 18.4 Å². The lowest BCUT2D eigenvalue weighted by atomic mass is 10.1. The summed E-state index contributed by atoms with van der Waals surface area (Å²) < 4.78 is 43.2. The van der Waals surface area contributed by atoms with Crippen LogP contribution in [0.5, 0.6) is 11.5 Å². The SMILES string of the molecule is CN(C1CC1)S(=O)(=O)c1ccc(C(=O)Nc2nnc(Cc3ccc4c(c3)OCCO4)o2)cc1. The number of benzene rings is 2. The Morgan fingerprint density at radius 1 is 1.06 bits per heavy atom. The van der Waals surface area contributed by atoms with Crippen molar-refractivity contribution in [2.24, 2.45) is 0 Å². The second-order valence-electron chi connectivity index (χ2n) is 7.89. The zero-order valence-corrected chi connectivity index (χ0v) is 18.7. The van der Waals surface area contributed by atoms with Gasteiger partial charge in [0.2, 0.25) is 15.9 Å². The average molecular weight is 471 g/mol. The molecule has 2 aromatic carbocycles. The molecule has 0 unspecified atom stereocenters. The zero-order valence-electron chi connectivity index (χ0n) is 17.9. The molecule has 0 saturated heterocycles. The van der Waals surface area contributed by atoms with Crippen molar-refractivity contribution in [1.29, 1.82) is 0 Å². The molecule has 1 fully saturated rings. The molecule has 2 heterocycles. The maximum atomic E-state index is 12.6. The van der Waals surface area contributed by atoms with Crippen LogP contribution in [-0.4, -0.2) is 55.1 Å². The second kappa shape index (κ2) is 8.49. The highest BCUT2D eigenvalue weighted by atomic mass is 32.2. The lowest BCUT2D eigenvalue weighted by Gasteiger charge is -2.18. The molecule has 0 atom stereocenters. The number of hydrogen-bond acceptors (Lipinski definition) is 8. The van der Waals surface area contributed by atoms with Crippen molar-refractivity contribution in [3.8, 4) is 11.5 Å². The van der Waals surface area contributed by atoms with Gasteiger partial charge in [-0.05, 0) is 54.8 Å². The number of carbonyl (C=O) groups excluding carboxylic acids is 1. The summed E-state index contributed by atoms with van der Waals surface area (Å²) in [6, 6.07) is 11.3. The third-order valence-corrected chi connectivity index (χ3v) is 7.43. The first kappa shape index (κ1) is 21.4. The minimum atomic E-state index is -3.57. The van der Waals surface area contributed by atoms with Crippen molar-refractivity contribution in [2.75, 3.05) is 25.6 Å². The van der Waals surface area contributed by atoms with Gasteiger partial charge in [-0.2, -0.15) is 4.31 Å². The van der Waals surface area contributed by atoms with Crippen LogP contribution in [0.2, 0.25) is 0 Å². The Hall–Kier alpha value is -3.44. The van der Waals surface area contributed by atoms with Crippen LogP contribution in [0, 0.1) is 0 Å². The molecule has 5 rings (SSSR count). The highest BCUT2D eigenvalue weighted by Gasteiger charge is 2.35. The summed E-state index contributed by atoms with van der Waals surface area (Å²) >= 11 is 0. The quantitative estimate of drug-likeness (QED) is 0.559.